The number of hydrogen-bond acceptors (Lipinski definition) is 3. The topological polar surface area (TPSA) is 34.4 Å². The molecular formula is C12H8N2OS. The molecule has 0 bridgehead atoms. The molecule has 0 aliphatic rings. The minimum absolute atomic E-state index is 0.0381. The van der Waals surface area contributed by atoms with Gasteiger partial charge in [0.1, 0.15) is 0 Å². The molecule has 0 aliphatic carbocycles. The summed E-state index contributed by atoms with van der Waals surface area (Å²) < 4.78 is 1.71. The molecule has 0 aromatic carbocycles. The molecule has 3 heterocycles. The molecule has 3 nitrogen and oxygen atoms in total. The Morgan fingerprint density at radius 1 is 1.25 bits per heavy atom. The third-order valence-electron chi connectivity index (χ3n) is 2.42. The first-order valence-electron chi connectivity index (χ1n) is 4.87. The van der Waals surface area contributed by atoms with E-state index in [1.165, 1.54) is 11.3 Å². The van der Waals surface area contributed by atoms with Crippen LogP contribution < -0.4 is 0 Å². The number of thiophene rings is 1. The zero-order valence-electron chi connectivity index (χ0n) is 8.33. The van der Waals surface area contributed by atoms with Crippen molar-refractivity contribution < 1.29 is 4.79 Å². The van der Waals surface area contributed by atoms with Crippen LogP contribution in [0.5, 0.6) is 0 Å². The van der Waals surface area contributed by atoms with Gasteiger partial charge in [-0.2, -0.15) is 5.10 Å². The summed E-state index contributed by atoms with van der Waals surface area (Å²) in [5.41, 5.74) is 1.50. The smallest absolute Gasteiger partial charge is 0.206 e. The summed E-state index contributed by atoms with van der Waals surface area (Å²) in [4.78, 5) is 12.9. The fourth-order valence-corrected chi connectivity index (χ4v) is 2.33. The van der Waals surface area contributed by atoms with Crippen molar-refractivity contribution in [2.75, 3.05) is 0 Å². The summed E-state index contributed by atoms with van der Waals surface area (Å²) in [5, 5.41) is 6.05. The summed E-state index contributed by atoms with van der Waals surface area (Å²) in [6.07, 6.45) is 3.46. The minimum Gasteiger partial charge on any atom is -0.288 e. The van der Waals surface area contributed by atoms with Gasteiger partial charge in [-0.25, -0.2) is 4.52 Å². The molecule has 0 N–H and O–H groups in total. The lowest BCUT2D eigenvalue weighted by molar-refractivity contribution is 0.104. The van der Waals surface area contributed by atoms with Gasteiger partial charge in [0.05, 0.1) is 22.2 Å². The molecule has 3 aromatic heterocycles. The van der Waals surface area contributed by atoms with Crippen molar-refractivity contribution in [3.63, 3.8) is 0 Å². The highest BCUT2D eigenvalue weighted by Gasteiger charge is 2.14. The number of ketones is 1. The number of carbonyl (C=O) groups is 1. The van der Waals surface area contributed by atoms with E-state index in [2.05, 4.69) is 5.10 Å². The highest BCUT2D eigenvalue weighted by Crippen LogP contribution is 2.18. The second-order valence-corrected chi connectivity index (χ2v) is 4.34. The van der Waals surface area contributed by atoms with E-state index in [1.54, 1.807) is 10.7 Å². The molecule has 0 saturated heterocycles. The fraction of sp³-hybridized carbons (Fsp3) is 0. The van der Waals surface area contributed by atoms with E-state index in [1.807, 2.05) is 41.9 Å². The van der Waals surface area contributed by atoms with Crippen molar-refractivity contribution in [3.8, 4) is 0 Å². The number of carbonyl (C=O) groups excluding carboxylic acids is 1. The standard InChI is InChI=1S/C12H8N2OS/c15-12(11-5-3-7-16-11)9-8-13-14-6-2-1-4-10(9)14/h1-8H. The van der Waals surface area contributed by atoms with Crippen molar-refractivity contribution in [1.29, 1.82) is 0 Å². The molecule has 0 fully saturated rings. The summed E-state index contributed by atoms with van der Waals surface area (Å²) in [6.45, 7) is 0. The minimum atomic E-state index is 0.0381. The molecule has 0 unspecified atom stereocenters. The Kier molecular flexibility index (Phi) is 2.08. The molecule has 78 valence electrons. The van der Waals surface area contributed by atoms with Gasteiger partial charge >= 0.3 is 0 Å². The summed E-state index contributed by atoms with van der Waals surface area (Å²) in [7, 11) is 0. The maximum Gasteiger partial charge on any atom is 0.206 e. The Balaban J connectivity index is 2.16. The lowest BCUT2D eigenvalue weighted by Crippen LogP contribution is -1.97. The van der Waals surface area contributed by atoms with E-state index in [9.17, 15) is 4.79 Å². The van der Waals surface area contributed by atoms with Gasteiger partial charge in [0, 0.05) is 6.20 Å². The van der Waals surface area contributed by atoms with Crippen LogP contribution in [0.1, 0.15) is 15.2 Å². The van der Waals surface area contributed by atoms with Gasteiger partial charge < -0.3 is 0 Å². The van der Waals surface area contributed by atoms with Crippen molar-refractivity contribution in [1.82, 2.24) is 9.61 Å². The largest absolute Gasteiger partial charge is 0.288 e. The molecule has 4 heteroatoms. The quantitative estimate of drug-likeness (QED) is 0.632. The predicted molar refractivity (Wildman–Crippen MR) is 62.9 cm³/mol. The molecule has 0 saturated carbocycles. The van der Waals surface area contributed by atoms with Crippen LogP contribution in [0, 0.1) is 0 Å². The maximum absolute atomic E-state index is 12.1. The van der Waals surface area contributed by atoms with Gasteiger partial charge in [0.2, 0.25) is 5.78 Å². The Bertz CT molecular complexity index is 640. The molecule has 0 atom stereocenters. The van der Waals surface area contributed by atoms with Crippen molar-refractivity contribution in [2.24, 2.45) is 0 Å². The maximum atomic E-state index is 12.1. The number of nitrogens with zero attached hydrogens (tertiary/aromatic N) is 2. The number of aromatic nitrogens is 2. The van der Waals surface area contributed by atoms with Crippen LogP contribution in [0.4, 0.5) is 0 Å². The lowest BCUT2D eigenvalue weighted by atomic mass is 10.1. The monoisotopic (exact) mass is 228 g/mol. The molecule has 16 heavy (non-hydrogen) atoms. The van der Waals surface area contributed by atoms with Crippen LogP contribution in [0.25, 0.3) is 5.52 Å². The van der Waals surface area contributed by atoms with Crippen molar-refractivity contribution in [2.45, 2.75) is 0 Å². The van der Waals surface area contributed by atoms with Gasteiger partial charge in [0.15, 0.2) is 0 Å². The Morgan fingerprint density at radius 3 is 3.00 bits per heavy atom. The van der Waals surface area contributed by atoms with Gasteiger partial charge in [0.25, 0.3) is 0 Å². The first-order chi connectivity index (χ1) is 7.86. The SMILES string of the molecule is O=C(c1cccs1)c1cnn2ccccc12. The van der Waals surface area contributed by atoms with Gasteiger partial charge in [-0.05, 0) is 23.6 Å². The predicted octanol–water partition coefficient (Wildman–Crippen LogP) is 2.63. The molecular weight excluding hydrogens is 220 g/mol. The molecule has 0 spiro atoms. The van der Waals surface area contributed by atoms with Crippen LogP contribution in [0.15, 0.2) is 48.1 Å². The first-order valence-corrected chi connectivity index (χ1v) is 5.75. The van der Waals surface area contributed by atoms with Crippen LogP contribution >= 0.6 is 11.3 Å². The molecule has 0 amide bonds. The van der Waals surface area contributed by atoms with E-state index < -0.39 is 0 Å². The van der Waals surface area contributed by atoms with Crippen LogP contribution in [0.2, 0.25) is 0 Å². The van der Waals surface area contributed by atoms with E-state index in [0.717, 1.165) is 10.4 Å². The van der Waals surface area contributed by atoms with Crippen LogP contribution in [-0.4, -0.2) is 15.4 Å². The number of fused-ring (bicyclic) bond motifs is 1. The highest BCUT2D eigenvalue weighted by atomic mass is 32.1. The lowest BCUT2D eigenvalue weighted by Gasteiger charge is -1.95. The normalized spacial score (nSPS) is 10.8. The molecule has 3 rings (SSSR count). The molecule has 0 radical (unpaired) electrons. The zero-order valence-corrected chi connectivity index (χ0v) is 9.15. The second kappa shape index (κ2) is 3.57. The average molecular weight is 228 g/mol. The van der Waals surface area contributed by atoms with Crippen molar-refractivity contribution in [3.05, 3.63) is 58.5 Å². The van der Waals surface area contributed by atoms with E-state index in [0.29, 0.717) is 5.56 Å². The zero-order chi connectivity index (χ0) is 11.0. The summed E-state index contributed by atoms with van der Waals surface area (Å²) in [6, 6.07) is 9.40. The van der Waals surface area contributed by atoms with Gasteiger partial charge in [-0.15, -0.1) is 11.3 Å². The Morgan fingerprint density at radius 2 is 2.19 bits per heavy atom. The van der Waals surface area contributed by atoms with E-state index >= 15 is 0 Å². The average Bonchev–Trinajstić information content (AvgIpc) is 2.98. The first kappa shape index (κ1) is 9.30. The Labute approximate surface area is 96.0 Å². The summed E-state index contributed by atoms with van der Waals surface area (Å²) in [5.74, 6) is 0.0381. The van der Waals surface area contributed by atoms with Gasteiger partial charge in [-0.3, -0.25) is 4.79 Å². The van der Waals surface area contributed by atoms with Crippen molar-refractivity contribution >= 4 is 22.6 Å². The van der Waals surface area contributed by atoms with Crippen LogP contribution in [-0.2, 0) is 0 Å². The second-order valence-electron chi connectivity index (χ2n) is 3.40. The molecule has 0 aliphatic heterocycles. The third kappa shape index (κ3) is 1.35. The molecule has 3 aromatic rings. The highest BCUT2D eigenvalue weighted by molar-refractivity contribution is 7.12. The van der Waals surface area contributed by atoms with Gasteiger partial charge in [-0.1, -0.05) is 12.1 Å². The van der Waals surface area contributed by atoms with E-state index in [4.69, 9.17) is 0 Å². The fourth-order valence-electron chi connectivity index (χ4n) is 1.65. The van der Waals surface area contributed by atoms with E-state index in [-0.39, 0.29) is 5.78 Å². The number of pyridine rings is 1. The van der Waals surface area contributed by atoms with Crippen LogP contribution in [0.3, 0.4) is 0 Å². The summed E-state index contributed by atoms with van der Waals surface area (Å²) >= 11 is 1.45. The third-order valence-corrected chi connectivity index (χ3v) is 3.28. The number of hydrogen-bond donors (Lipinski definition) is 0. The Hall–Kier alpha value is -1.94. The number of rotatable bonds is 2.